The van der Waals surface area contributed by atoms with Crippen LogP contribution in [-0.2, 0) is 23.2 Å². The van der Waals surface area contributed by atoms with Gasteiger partial charge >= 0.3 is 0 Å². The Kier molecular flexibility index (Phi) is 6.65. The lowest BCUT2D eigenvalue weighted by Crippen LogP contribution is -2.45. The molecule has 202 valence electrons. The third-order valence-corrected chi connectivity index (χ3v) is 7.53. The van der Waals surface area contributed by atoms with Crippen LogP contribution < -0.4 is 11.5 Å². The summed E-state index contributed by atoms with van der Waals surface area (Å²) in [5.41, 5.74) is 16.9. The van der Waals surface area contributed by atoms with Crippen LogP contribution >= 0.6 is 0 Å². The maximum atomic E-state index is 14.4. The van der Waals surface area contributed by atoms with E-state index < -0.39 is 11.5 Å². The zero-order valence-electron chi connectivity index (χ0n) is 22.3. The largest absolute Gasteiger partial charge is 0.499 e. The molecule has 3 heterocycles. The smallest absolute Gasteiger partial charge is 0.266 e. The van der Waals surface area contributed by atoms with Gasteiger partial charge in [0, 0.05) is 73.1 Å². The molecule has 0 radical (unpaired) electrons. The van der Waals surface area contributed by atoms with Crippen LogP contribution in [0.2, 0.25) is 0 Å². The van der Waals surface area contributed by atoms with E-state index in [9.17, 15) is 8.78 Å². The Hall–Kier alpha value is -3.50. The molecule has 1 aliphatic carbocycles. The molecular weight excluding hydrogens is 488 g/mol. The molecule has 0 fully saturated rings. The van der Waals surface area contributed by atoms with Crippen molar-refractivity contribution in [3.8, 4) is 11.3 Å². The number of hydrogen-bond donors (Lipinski definition) is 2. The number of nitrogens with two attached hydrogens (primary N) is 2. The topological polar surface area (TPSA) is 98.5 Å². The highest BCUT2D eigenvalue weighted by molar-refractivity contribution is 5.97. The minimum atomic E-state index is -2.74. The molecule has 38 heavy (non-hydrogen) atoms. The second-order valence-electron chi connectivity index (χ2n) is 10.5. The first-order chi connectivity index (χ1) is 18.0. The Balaban J connectivity index is 1.56. The van der Waals surface area contributed by atoms with Crippen LogP contribution in [0.1, 0.15) is 24.4 Å². The highest BCUT2D eigenvalue weighted by Gasteiger charge is 2.42. The lowest BCUT2D eigenvalue weighted by atomic mass is 9.85. The third kappa shape index (κ3) is 4.52. The summed E-state index contributed by atoms with van der Waals surface area (Å²) >= 11 is 0. The van der Waals surface area contributed by atoms with Crippen molar-refractivity contribution in [1.82, 2.24) is 24.3 Å². The number of methoxy groups -OCH3 is 1. The van der Waals surface area contributed by atoms with Crippen LogP contribution in [0, 0.1) is 0 Å². The number of rotatable bonds is 7. The van der Waals surface area contributed by atoms with Gasteiger partial charge in [-0.1, -0.05) is 18.2 Å². The van der Waals surface area contributed by atoms with Crippen molar-refractivity contribution in [1.29, 1.82) is 0 Å². The first kappa shape index (κ1) is 26.1. The van der Waals surface area contributed by atoms with Gasteiger partial charge in [-0.2, -0.15) is 0 Å². The Morgan fingerprint density at radius 1 is 1.13 bits per heavy atom. The number of para-hydroxylation sites is 1. The molecular formula is C28H35F2N7O. The minimum Gasteiger partial charge on any atom is -0.499 e. The van der Waals surface area contributed by atoms with Gasteiger partial charge in [-0.15, -0.1) is 0 Å². The molecule has 4 N–H and O–H groups in total. The summed E-state index contributed by atoms with van der Waals surface area (Å²) in [5.74, 6) is -1.86. The van der Waals surface area contributed by atoms with Gasteiger partial charge in [-0.25, -0.2) is 18.7 Å². The van der Waals surface area contributed by atoms with E-state index in [0.29, 0.717) is 23.0 Å². The summed E-state index contributed by atoms with van der Waals surface area (Å²) in [6, 6.07) is 9.41. The summed E-state index contributed by atoms with van der Waals surface area (Å²) < 4.78 is 36.2. The summed E-state index contributed by atoms with van der Waals surface area (Å²) in [6.45, 7) is 1.31. The van der Waals surface area contributed by atoms with Crippen molar-refractivity contribution >= 4 is 10.9 Å². The lowest BCUT2D eigenvalue weighted by Gasteiger charge is -2.36. The van der Waals surface area contributed by atoms with Crippen molar-refractivity contribution in [2.24, 2.45) is 11.5 Å². The Bertz CT molecular complexity index is 1430. The van der Waals surface area contributed by atoms with Crippen molar-refractivity contribution in [2.75, 3.05) is 41.3 Å². The average molecular weight is 524 g/mol. The van der Waals surface area contributed by atoms with Gasteiger partial charge in [0.05, 0.1) is 25.0 Å². The molecule has 1 unspecified atom stereocenters. The van der Waals surface area contributed by atoms with E-state index in [0.717, 1.165) is 40.9 Å². The highest BCUT2D eigenvalue weighted by atomic mass is 19.3. The lowest BCUT2D eigenvalue weighted by molar-refractivity contribution is -0.0328. The van der Waals surface area contributed by atoms with Crippen LogP contribution in [-0.4, -0.2) is 71.6 Å². The van der Waals surface area contributed by atoms with E-state index >= 15 is 0 Å². The van der Waals surface area contributed by atoms with Crippen molar-refractivity contribution < 1.29 is 13.5 Å². The van der Waals surface area contributed by atoms with Gasteiger partial charge in [-0.05, 0) is 32.6 Å². The number of fused-ring (bicyclic) bond motifs is 3. The number of benzene rings is 1. The van der Waals surface area contributed by atoms with Crippen molar-refractivity contribution in [3.63, 3.8) is 0 Å². The monoisotopic (exact) mass is 523 g/mol. The number of ether oxygens (including phenoxy) is 1. The fourth-order valence-electron chi connectivity index (χ4n) is 5.49. The van der Waals surface area contributed by atoms with Gasteiger partial charge < -0.3 is 30.6 Å². The number of halogens is 2. The van der Waals surface area contributed by atoms with E-state index in [2.05, 4.69) is 14.8 Å². The summed E-state index contributed by atoms with van der Waals surface area (Å²) in [6.07, 6.45) is 3.86. The molecule has 0 saturated heterocycles. The maximum absolute atomic E-state index is 14.4. The molecule has 1 aliphatic heterocycles. The first-order valence-electron chi connectivity index (χ1n) is 12.8. The van der Waals surface area contributed by atoms with E-state index in [4.69, 9.17) is 21.2 Å². The number of hydrogen-bond acceptors (Lipinski definition) is 7. The Labute approximate surface area is 221 Å². The number of alkyl halides is 2. The molecule has 0 spiro atoms. The minimum absolute atomic E-state index is 0.197. The number of aromatic nitrogens is 3. The zero-order valence-corrected chi connectivity index (χ0v) is 22.3. The predicted molar refractivity (Wildman–Crippen MR) is 144 cm³/mol. The van der Waals surface area contributed by atoms with Gasteiger partial charge in [-0.3, -0.25) is 0 Å². The van der Waals surface area contributed by atoms with Crippen LogP contribution in [0.25, 0.3) is 22.2 Å². The van der Waals surface area contributed by atoms with Crippen LogP contribution in [0.4, 0.5) is 8.78 Å². The number of likely N-dealkylation sites (N-methyl/N-ethyl adjacent to an activating group) is 2. The normalized spacial score (nSPS) is 21.0. The van der Waals surface area contributed by atoms with Gasteiger partial charge in [0.2, 0.25) is 0 Å². The summed E-state index contributed by atoms with van der Waals surface area (Å²) in [4.78, 5) is 13.6. The molecule has 3 aromatic rings. The molecule has 10 heteroatoms. The van der Waals surface area contributed by atoms with E-state index in [1.165, 1.54) is 0 Å². The number of allylic oxidation sites excluding steroid dienone is 1. The molecule has 8 nitrogen and oxygen atoms in total. The molecule has 1 aromatic carbocycles. The quantitative estimate of drug-likeness (QED) is 0.490. The van der Waals surface area contributed by atoms with Gasteiger partial charge in [0.15, 0.2) is 5.82 Å². The first-order valence-corrected chi connectivity index (χ1v) is 12.8. The molecule has 0 amide bonds. The van der Waals surface area contributed by atoms with Crippen LogP contribution in [0.5, 0.6) is 0 Å². The summed E-state index contributed by atoms with van der Waals surface area (Å²) in [5, 5.41) is 0.881. The van der Waals surface area contributed by atoms with E-state index in [1.807, 2.05) is 51.5 Å². The molecule has 0 saturated carbocycles. The van der Waals surface area contributed by atoms with Crippen molar-refractivity contribution in [2.45, 2.75) is 37.3 Å². The SMILES string of the molecule is COC1=CC(N(C)CCN(C)C)=C(N)CC1(N)c1nccc(-c2c3n(c4ccccc24)CC(F)(F)CC3)n1. The fourth-order valence-corrected chi connectivity index (χ4v) is 5.49. The van der Waals surface area contributed by atoms with Gasteiger partial charge in [0.1, 0.15) is 11.3 Å². The van der Waals surface area contributed by atoms with Crippen LogP contribution in [0.15, 0.2) is 59.8 Å². The molecule has 1 atom stereocenters. The van der Waals surface area contributed by atoms with E-state index in [1.54, 1.807) is 23.9 Å². The highest BCUT2D eigenvalue weighted by Crippen LogP contribution is 2.42. The molecule has 2 aliphatic rings. The third-order valence-electron chi connectivity index (χ3n) is 7.53. The Morgan fingerprint density at radius 2 is 1.89 bits per heavy atom. The average Bonchev–Trinajstić information content (AvgIpc) is 3.20. The number of nitrogens with zero attached hydrogens (tertiary/aromatic N) is 5. The van der Waals surface area contributed by atoms with Gasteiger partial charge in [0.25, 0.3) is 5.92 Å². The van der Waals surface area contributed by atoms with E-state index in [-0.39, 0.29) is 25.8 Å². The zero-order chi connectivity index (χ0) is 27.2. The standard InChI is InChI=1S/C28H35F2N7O/c1-35(2)13-14-36(3)23-15-24(38-4)28(32,16-19(23)31)26-33-12-10-20(34-26)25-18-7-5-6-8-21(18)37-17-27(29,30)11-9-22(25)37/h5-8,10,12,15H,9,11,13-14,16-17,31-32H2,1-4H3. The van der Waals surface area contributed by atoms with Crippen LogP contribution in [0.3, 0.4) is 0 Å². The van der Waals surface area contributed by atoms with Crippen molar-refractivity contribution in [3.05, 3.63) is 71.3 Å². The fraction of sp³-hybridized carbons (Fsp3) is 0.429. The Morgan fingerprint density at radius 3 is 2.63 bits per heavy atom. The predicted octanol–water partition coefficient (Wildman–Crippen LogP) is 3.43. The second kappa shape index (κ2) is 9.67. The second-order valence-corrected chi connectivity index (χ2v) is 10.5. The summed E-state index contributed by atoms with van der Waals surface area (Å²) in [7, 11) is 7.61. The maximum Gasteiger partial charge on any atom is 0.266 e. The molecule has 0 bridgehead atoms. The molecule has 2 aromatic heterocycles. The molecule has 5 rings (SSSR count).